The van der Waals surface area contributed by atoms with Gasteiger partial charge in [0.1, 0.15) is 0 Å². The van der Waals surface area contributed by atoms with E-state index >= 15 is 0 Å². The largest absolute Gasteiger partial charge is 0.372 e. The first kappa shape index (κ1) is 17.6. The first-order valence-electron chi connectivity index (χ1n) is 7.03. The summed E-state index contributed by atoms with van der Waals surface area (Å²) in [5.41, 5.74) is 0.142. The van der Waals surface area contributed by atoms with Crippen LogP contribution in [0.5, 0.6) is 0 Å². The topological polar surface area (TPSA) is 75.7 Å². The van der Waals surface area contributed by atoms with Gasteiger partial charge in [-0.15, -0.1) is 0 Å². The second kappa shape index (κ2) is 6.79. The van der Waals surface area contributed by atoms with Crippen LogP contribution in [0.1, 0.15) is 13.8 Å². The van der Waals surface area contributed by atoms with Crippen molar-refractivity contribution in [1.82, 2.24) is 4.90 Å². The summed E-state index contributed by atoms with van der Waals surface area (Å²) in [5, 5.41) is 2.53. The summed E-state index contributed by atoms with van der Waals surface area (Å²) in [6.45, 7) is 4.47. The molecule has 0 unspecified atom stereocenters. The van der Waals surface area contributed by atoms with Gasteiger partial charge in [-0.3, -0.25) is 0 Å². The molecule has 1 fully saturated rings. The highest BCUT2D eigenvalue weighted by atomic mass is 32.2. The lowest BCUT2D eigenvalue weighted by Gasteiger charge is -2.35. The number of anilines is 1. The molecule has 128 valence electrons. The van der Waals surface area contributed by atoms with E-state index in [1.165, 1.54) is 17.0 Å². The van der Waals surface area contributed by atoms with E-state index in [0.717, 1.165) is 12.1 Å². The molecule has 0 aliphatic carbocycles. The zero-order valence-electron chi connectivity index (χ0n) is 12.7. The third-order valence-electron chi connectivity index (χ3n) is 3.36. The Morgan fingerprint density at radius 2 is 1.91 bits per heavy atom. The lowest BCUT2D eigenvalue weighted by Crippen LogP contribution is -2.49. The summed E-state index contributed by atoms with van der Waals surface area (Å²) in [4.78, 5) is 13.2. The lowest BCUT2D eigenvalue weighted by atomic mass is 10.2. The molecule has 9 heteroatoms. The van der Waals surface area contributed by atoms with Gasteiger partial charge in [-0.2, -0.15) is 8.78 Å². The number of hydrogen-bond donors (Lipinski definition) is 1. The van der Waals surface area contributed by atoms with E-state index in [-0.39, 0.29) is 17.9 Å². The number of benzene rings is 1. The van der Waals surface area contributed by atoms with Gasteiger partial charge in [-0.1, -0.05) is 6.07 Å². The molecular formula is C14H18F2N2O4S. The monoisotopic (exact) mass is 348 g/mol. The third kappa shape index (κ3) is 4.17. The average Bonchev–Trinajstić information content (AvgIpc) is 2.46. The highest BCUT2D eigenvalue weighted by Gasteiger charge is 2.28. The maximum atomic E-state index is 12.6. The molecule has 2 amide bonds. The molecule has 2 atom stereocenters. The van der Waals surface area contributed by atoms with Gasteiger partial charge in [0.25, 0.3) is 0 Å². The minimum absolute atomic E-state index is 0.116. The molecule has 0 bridgehead atoms. The van der Waals surface area contributed by atoms with Crippen molar-refractivity contribution in [3.8, 4) is 0 Å². The first-order valence-corrected chi connectivity index (χ1v) is 8.58. The van der Waals surface area contributed by atoms with Crippen LogP contribution < -0.4 is 5.32 Å². The van der Waals surface area contributed by atoms with E-state index in [0.29, 0.717) is 13.1 Å². The van der Waals surface area contributed by atoms with Crippen LogP contribution in [0.3, 0.4) is 0 Å². The SMILES string of the molecule is C[C@@H]1CN(C(=O)Nc2cccc(S(=O)(=O)C(F)F)c2)C[C@H](C)O1. The van der Waals surface area contributed by atoms with Crippen LogP contribution in [-0.4, -0.2) is 50.4 Å². The molecule has 1 aliphatic heterocycles. The minimum Gasteiger partial charge on any atom is -0.372 e. The van der Waals surface area contributed by atoms with Crippen molar-refractivity contribution in [3.63, 3.8) is 0 Å². The number of carbonyl (C=O) groups excluding carboxylic acids is 1. The highest BCUT2D eigenvalue weighted by Crippen LogP contribution is 2.22. The molecule has 1 heterocycles. The molecule has 0 aromatic heterocycles. The zero-order valence-corrected chi connectivity index (χ0v) is 13.5. The smallest absolute Gasteiger partial charge is 0.341 e. The fraction of sp³-hybridized carbons (Fsp3) is 0.500. The molecular weight excluding hydrogens is 330 g/mol. The van der Waals surface area contributed by atoms with E-state index in [2.05, 4.69) is 5.32 Å². The summed E-state index contributed by atoms with van der Waals surface area (Å²) in [6, 6.07) is 4.40. The summed E-state index contributed by atoms with van der Waals surface area (Å²) >= 11 is 0. The predicted molar refractivity (Wildman–Crippen MR) is 80.2 cm³/mol. The molecule has 2 rings (SSSR count). The van der Waals surface area contributed by atoms with Gasteiger partial charge in [-0.25, -0.2) is 13.2 Å². The van der Waals surface area contributed by atoms with Gasteiger partial charge >= 0.3 is 11.8 Å². The van der Waals surface area contributed by atoms with Gasteiger partial charge in [0, 0.05) is 18.8 Å². The van der Waals surface area contributed by atoms with E-state index in [4.69, 9.17) is 4.74 Å². The van der Waals surface area contributed by atoms with Gasteiger partial charge in [-0.05, 0) is 32.0 Å². The molecule has 1 aliphatic rings. The lowest BCUT2D eigenvalue weighted by molar-refractivity contribution is -0.0530. The second-order valence-electron chi connectivity index (χ2n) is 5.43. The van der Waals surface area contributed by atoms with Crippen LogP contribution in [0, 0.1) is 0 Å². The Morgan fingerprint density at radius 3 is 2.48 bits per heavy atom. The number of sulfone groups is 1. The normalized spacial score (nSPS) is 22.2. The van der Waals surface area contributed by atoms with Gasteiger partial charge in [0.15, 0.2) is 0 Å². The Morgan fingerprint density at radius 1 is 1.30 bits per heavy atom. The van der Waals surface area contributed by atoms with Crippen LogP contribution >= 0.6 is 0 Å². The number of urea groups is 1. The summed E-state index contributed by atoms with van der Waals surface area (Å²) in [5.74, 6) is -3.51. The first-order chi connectivity index (χ1) is 10.7. The third-order valence-corrected chi connectivity index (χ3v) is 4.74. The summed E-state index contributed by atoms with van der Waals surface area (Å²) in [6.07, 6.45) is -0.231. The number of amides is 2. The Labute approximate surface area is 133 Å². The Kier molecular flexibility index (Phi) is 5.20. The van der Waals surface area contributed by atoms with E-state index in [9.17, 15) is 22.0 Å². The highest BCUT2D eigenvalue weighted by molar-refractivity contribution is 7.91. The number of halogens is 2. The van der Waals surface area contributed by atoms with Gasteiger partial charge in [0.05, 0.1) is 17.1 Å². The van der Waals surface area contributed by atoms with Crippen LogP contribution in [0.25, 0.3) is 0 Å². The predicted octanol–water partition coefficient (Wildman–Crippen LogP) is 2.32. The molecule has 0 spiro atoms. The Balaban J connectivity index is 2.13. The zero-order chi connectivity index (χ0) is 17.2. The quantitative estimate of drug-likeness (QED) is 0.910. The van der Waals surface area contributed by atoms with Crippen LogP contribution in [0.2, 0.25) is 0 Å². The van der Waals surface area contributed by atoms with E-state index in [1.807, 2.05) is 13.8 Å². The molecule has 1 aromatic carbocycles. The minimum atomic E-state index is -4.70. The number of hydrogen-bond acceptors (Lipinski definition) is 4. The Hall–Kier alpha value is -1.74. The second-order valence-corrected chi connectivity index (χ2v) is 7.34. The summed E-state index contributed by atoms with van der Waals surface area (Å²) < 4.78 is 53.6. The van der Waals surface area contributed by atoms with Crippen molar-refractivity contribution in [2.24, 2.45) is 0 Å². The maximum Gasteiger partial charge on any atom is 0.341 e. The van der Waals surface area contributed by atoms with Crippen molar-refractivity contribution in [2.45, 2.75) is 36.7 Å². The van der Waals surface area contributed by atoms with Crippen molar-refractivity contribution in [2.75, 3.05) is 18.4 Å². The fourth-order valence-electron chi connectivity index (χ4n) is 2.40. The van der Waals surface area contributed by atoms with Gasteiger partial charge in [0.2, 0.25) is 9.84 Å². The van der Waals surface area contributed by atoms with Crippen molar-refractivity contribution in [3.05, 3.63) is 24.3 Å². The van der Waals surface area contributed by atoms with Crippen molar-refractivity contribution in [1.29, 1.82) is 0 Å². The fourth-order valence-corrected chi connectivity index (χ4v) is 3.17. The average molecular weight is 348 g/mol. The number of alkyl halides is 2. The number of nitrogens with one attached hydrogen (secondary N) is 1. The van der Waals surface area contributed by atoms with Crippen LogP contribution in [0.4, 0.5) is 19.3 Å². The molecule has 0 saturated carbocycles. The molecule has 23 heavy (non-hydrogen) atoms. The molecule has 1 saturated heterocycles. The number of nitrogens with zero attached hydrogens (tertiary/aromatic N) is 1. The molecule has 0 radical (unpaired) electrons. The standard InChI is InChI=1S/C14H18F2N2O4S/c1-9-7-18(8-10(2)22-9)14(19)17-11-4-3-5-12(6-11)23(20,21)13(15)16/h3-6,9-10,13H,7-8H2,1-2H3,(H,17,19)/t9-,10+. The van der Waals surface area contributed by atoms with Crippen molar-refractivity contribution < 1.29 is 26.7 Å². The van der Waals surface area contributed by atoms with Crippen LogP contribution in [0.15, 0.2) is 29.2 Å². The Bertz CT molecular complexity index is 671. The molecule has 6 nitrogen and oxygen atoms in total. The molecule has 1 aromatic rings. The van der Waals surface area contributed by atoms with Crippen LogP contribution in [-0.2, 0) is 14.6 Å². The number of ether oxygens (including phenoxy) is 1. The van der Waals surface area contributed by atoms with E-state index < -0.39 is 26.5 Å². The van der Waals surface area contributed by atoms with Gasteiger partial charge < -0.3 is 15.0 Å². The van der Waals surface area contributed by atoms with E-state index in [1.54, 1.807) is 0 Å². The van der Waals surface area contributed by atoms with Crippen molar-refractivity contribution >= 4 is 21.6 Å². The number of carbonyl (C=O) groups is 1. The number of rotatable bonds is 3. The summed E-state index contributed by atoms with van der Waals surface area (Å²) in [7, 11) is -4.70. The molecule has 1 N–H and O–H groups in total. The number of morpholine rings is 1. The maximum absolute atomic E-state index is 12.6.